The molecule has 0 aromatic carbocycles. The number of rotatable bonds is 31. The molecule has 38 heteroatoms. The number of ether oxygens (including phenoxy) is 2. The number of nitrogens with one attached hydrogen (secondary N) is 12. The number of carbonyl (C=O) groups excluding carboxylic acids is 14. The van der Waals surface area contributed by atoms with E-state index in [0.717, 1.165) is 51.5 Å². The average Bonchev–Trinajstić information content (AvgIpc) is 1.73. The summed E-state index contributed by atoms with van der Waals surface area (Å²) in [6.45, 7) is 2.04. The van der Waals surface area contributed by atoms with E-state index in [2.05, 4.69) is 63.8 Å². The molecule has 4 aliphatic rings. The fourth-order valence-electron chi connectivity index (χ4n) is 9.96. The quantitative estimate of drug-likeness (QED) is 0.0174. The lowest BCUT2D eigenvalue weighted by molar-refractivity contribution is -0.141. The van der Waals surface area contributed by atoms with Crippen molar-refractivity contribution < 1.29 is 91.6 Å². The topological polar surface area (TPSA) is 541 Å². The minimum absolute atomic E-state index is 0.0330. The van der Waals surface area contributed by atoms with Crippen molar-refractivity contribution in [1.82, 2.24) is 68.7 Å². The molecular weight excluding hydrogens is 1280 g/mol. The van der Waals surface area contributed by atoms with Gasteiger partial charge in [-0.25, -0.2) is 4.79 Å². The van der Waals surface area contributed by atoms with Crippen LogP contribution < -0.4 is 81.0 Å². The Morgan fingerprint density at radius 1 is 0.656 bits per heavy atom. The Kier molecular flexibility index (Phi) is 34.8. The van der Waals surface area contributed by atoms with E-state index >= 15 is 0 Å². The number of urea groups is 1. The maximum absolute atomic E-state index is 13.9. The first-order valence-electron chi connectivity index (χ1n) is 30.7. The van der Waals surface area contributed by atoms with Crippen molar-refractivity contribution in [2.24, 2.45) is 23.1 Å². The van der Waals surface area contributed by atoms with Crippen molar-refractivity contribution in [3.05, 3.63) is 0 Å². The number of carboxylic acid groups (broad SMARTS) is 1. The molecule has 4 aliphatic heterocycles. The van der Waals surface area contributed by atoms with Crippen molar-refractivity contribution in [1.29, 1.82) is 0 Å². The maximum atomic E-state index is 13.9. The van der Waals surface area contributed by atoms with Crippen molar-refractivity contribution in [2.45, 2.75) is 163 Å². The van der Waals surface area contributed by atoms with Gasteiger partial charge in [0.2, 0.25) is 76.8 Å². The van der Waals surface area contributed by atoms with E-state index in [1.54, 1.807) is 13.8 Å². The van der Waals surface area contributed by atoms with E-state index in [0.29, 0.717) is 31.1 Å². The highest BCUT2D eigenvalue weighted by Gasteiger charge is 2.43. The fraction of sp³-hybridized carbons (Fsp3) is 0.727. The van der Waals surface area contributed by atoms with E-state index in [-0.39, 0.29) is 120 Å². The van der Waals surface area contributed by atoms with Crippen LogP contribution in [-0.4, -0.2) is 253 Å². The van der Waals surface area contributed by atoms with Gasteiger partial charge in [-0.05, 0) is 44.4 Å². The second kappa shape index (κ2) is 41.4. The molecule has 0 radical (unpaired) electrons. The molecule has 4 fully saturated rings. The Morgan fingerprint density at radius 3 is 1.98 bits per heavy atom. The van der Waals surface area contributed by atoms with Gasteiger partial charge in [0.15, 0.2) is 0 Å². The summed E-state index contributed by atoms with van der Waals surface area (Å²) >= 11 is 1.83. The number of aliphatic hydroxyl groups is 1. The Balaban J connectivity index is 1.21. The number of carboxylic acids is 1. The summed E-state index contributed by atoms with van der Waals surface area (Å²) in [6, 6.07) is -9.74. The predicted molar refractivity (Wildman–Crippen MR) is 337 cm³/mol. The van der Waals surface area contributed by atoms with E-state index in [1.165, 1.54) is 0 Å². The van der Waals surface area contributed by atoms with Gasteiger partial charge in [-0.1, -0.05) is 41.9 Å². The summed E-state index contributed by atoms with van der Waals surface area (Å²) in [5.41, 5.74) is 17.1. The molecule has 0 aromatic heterocycles. The van der Waals surface area contributed by atoms with Gasteiger partial charge in [0.05, 0.1) is 76.6 Å². The summed E-state index contributed by atoms with van der Waals surface area (Å²) in [5, 5.41) is 51.1. The van der Waals surface area contributed by atoms with Crippen LogP contribution in [0.5, 0.6) is 0 Å². The first-order valence-corrected chi connectivity index (χ1v) is 34.2. The lowest BCUT2D eigenvalue weighted by Crippen LogP contribution is -2.58. The van der Waals surface area contributed by atoms with Crippen LogP contribution in [0.15, 0.2) is 0 Å². The largest absolute Gasteiger partial charge is 0.481 e. The minimum Gasteiger partial charge on any atom is -0.481 e. The smallest absolute Gasteiger partial charge is 0.315 e. The molecule has 4 heterocycles. The van der Waals surface area contributed by atoms with Gasteiger partial charge in [0, 0.05) is 74.4 Å². The average molecular weight is 1380 g/mol. The normalized spacial score (nSPS) is 24.8. The lowest BCUT2D eigenvalue weighted by Gasteiger charge is -2.27. The summed E-state index contributed by atoms with van der Waals surface area (Å²) in [4.78, 5) is 193. The van der Waals surface area contributed by atoms with Crippen LogP contribution in [0.3, 0.4) is 0 Å². The molecule has 15 amide bonds. The van der Waals surface area contributed by atoms with E-state index in [1.807, 2.05) is 11.8 Å². The number of nitrogens with two attached hydrogens (primary N) is 3. The molecule has 0 spiro atoms. The fourth-order valence-corrected chi connectivity index (χ4v) is 13.8. The van der Waals surface area contributed by atoms with Crippen LogP contribution in [0.1, 0.15) is 97.3 Å². The van der Waals surface area contributed by atoms with E-state index in [9.17, 15) is 82.1 Å². The number of hydrogen-bond acceptors (Lipinski definition) is 22. The van der Waals surface area contributed by atoms with Gasteiger partial charge in [0.25, 0.3) is 0 Å². The standard InChI is InChI=1S/C55H90N16O19S3/c1-29(2)19-33-50(83)63-24-45(78)71-25-30(72)20-38(71)54(87)67-34(21-40(57)73)53(86)68-37(28-93-92-26-31(56)49(82)66-35(22-46(79)80)51(84)62-23-44(77)65-33)52(85)61-14-16-90-18-17-89-15-13-60-42(75)10-11-43(76)64-32(48(58)81)7-5-6-12-59-41(74)9-4-3-8-39-47-36(27-91-39)69-55(88)70-47/h29-39,47,72H,3-28,56H2,1-2H3,(H2,57,73)(H2,58,81)(H,59,74)(H,60,75)(H,61,85)(H,62,84)(H,63,83)(H,64,76)(H,65,77)(H,66,82)(H,67,87)(H,68,86)(H,79,80)(H2,69,70,88)/t30?,31-,32+,33+,34+,35-,36-,37-,38+,39?,47-/m1/s1. The van der Waals surface area contributed by atoms with Crippen LogP contribution in [0.2, 0.25) is 0 Å². The lowest BCUT2D eigenvalue weighted by atomic mass is 10.0. The van der Waals surface area contributed by atoms with Crippen LogP contribution in [-0.2, 0) is 76.6 Å². The summed E-state index contributed by atoms with van der Waals surface area (Å²) in [6.07, 6.45) is 0.517. The number of primary amides is 2. The van der Waals surface area contributed by atoms with Gasteiger partial charge >= 0.3 is 12.0 Å². The van der Waals surface area contributed by atoms with Crippen molar-refractivity contribution in [3.63, 3.8) is 0 Å². The van der Waals surface area contributed by atoms with Crippen LogP contribution in [0.25, 0.3) is 0 Å². The third-order valence-electron chi connectivity index (χ3n) is 14.7. The molecule has 2 unspecified atom stereocenters. The number of carbonyl (C=O) groups is 15. The third kappa shape index (κ3) is 29.7. The second-order valence-electron chi connectivity index (χ2n) is 22.9. The monoisotopic (exact) mass is 1370 g/mol. The SMILES string of the molecule is CC(C)C[C@@H]1NC(=O)CNC(=O)[C@@H](CC(=O)O)NC(=O)[C@H](N)CSSC[C@H](C(=O)NCCOCCOCCNC(=O)CCC(=O)N[C@@H](CCCCNC(=O)CCCCC2SC[C@H]3NC(=O)N[C@@H]23)C(N)=O)NC(=O)[C@H](CC(N)=O)NC(=O)[C@@H]2CC(O)CN2C(=O)CNC1=O. The Bertz CT molecular complexity index is 2630. The van der Waals surface area contributed by atoms with Crippen LogP contribution in [0.4, 0.5) is 4.79 Å². The number of thioether (sulfide) groups is 1. The zero-order chi connectivity index (χ0) is 68.6. The van der Waals surface area contributed by atoms with E-state index in [4.69, 9.17) is 26.7 Å². The molecular formula is C55H90N16O19S3. The van der Waals surface area contributed by atoms with E-state index < -0.39 is 151 Å². The molecule has 522 valence electrons. The zero-order valence-electron chi connectivity index (χ0n) is 52.1. The number of nitrogens with zero attached hydrogens (tertiary/aromatic N) is 1. The predicted octanol–water partition coefficient (Wildman–Crippen LogP) is -6.73. The highest BCUT2D eigenvalue weighted by atomic mass is 33.1. The molecule has 0 aliphatic carbocycles. The third-order valence-corrected chi connectivity index (χ3v) is 18.7. The van der Waals surface area contributed by atoms with Gasteiger partial charge in [-0.15, -0.1) is 0 Å². The second-order valence-corrected chi connectivity index (χ2v) is 26.7. The van der Waals surface area contributed by atoms with Gasteiger partial charge < -0.3 is 106 Å². The number of amides is 15. The van der Waals surface area contributed by atoms with Crippen LogP contribution in [0, 0.1) is 5.92 Å². The number of aliphatic carboxylic acids is 1. The first kappa shape index (κ1) is 78.2. The highest BCUT2D eigenvalue weighted by molar-refractivity contribution is 8.76. The molecule has 20 N–H and O–H groups in total. The van der Waals surface area contributed by atoms with Gasteiger partial charge in [-0.2, -0.15) is 11.8 Å². The summed E-state index contributed by atoms with van der Waals surface area (Å²) in [7, 11) is 1.88. The molecule has 0 aromatic rings. The minimum atomic E-state index is -1.73. The number of aliphatic hydroxyl groups excluding tert-OH is 1. The molecule has 93 heavy (non-hydrogen) atoms. The number of hydrogen-bond donors (Lipinski definition) is 17. The van der Waals surface area contributed by atoms with Gasteiger partial charge in [0.1, 0.15) is 36.3 Å². The first-order chi connectivity index (χ1) is 44.2. The van der Waals surface area contributed by atoms with Crippen molar-refractivity contribution in [3.8, 4) is 0 Å². The molecule has 0 saturated carbocycles. The zero-order valence-corrected chi connectivity index (χ0v) is 54.5. The molecule has 11 atom stereocenters. The molecule has 4 saturated heterocycles. The summed E-state index contributed by atoms with van der Waals surface area (Å²) in [5.74, 6) is -11.6. The Morgan fingerprint density at radius 2 is 1.29 bits per heavy atom. The molecule has 35 nitrogen and oxygen atoms in total. The Labute approximate surface area is 549 Å². The van der Waals surface area contributed by atoms with Gasteiger partial charge in [-0.3, -0.25) is 67.1 Å². The number of unbranched alkanes of at least 4 members (excludes halogenated alkanes) is 2. The molecule has 0 bridgehead atoms. The molecule has 4 rings (SSSR count). The Hall–Kier alpha value is -7.26. The summed E-state index contributed by atoms with van der Waals surface area (Å²) < 4.78 is 11.0. The highest BCUT2D eigenvalue weighted by Crippen LogP contribution is 2.33. The maximum Gasteiger partial charge on any atom is 0.315 e. The number of fused-ring (bicyclic) bond motifs is 2. The van der Waals surface area contributed by atoms with Crippen molar-refractivity contribution in [2.75, 3.05) is 83.0 Å². The van der Waals surface area contributed by atoms with Crippen molar-refractivity contribution >= 4 is 122 Å². The van der Waals surface area contributed by atoms with Crippen LogP contribution >= 0.6 is 33.3 Å².